The Kier molecular flexibility index (Phi) is 3.71. The van der Waals surface area contributed by atoms with E-state index >= 15 is 0 Å². The fraction of sp³-hybridized carbons (Fsp3) is 0.0714. The van der Waals surface area contributed by atoms with E-state index in [0.29, 0.717) is 5.56 Å². The van der Waals surface area contributed by atoms with E-state index in [1.165, 1.54) is 0 Å². The van der Waals surface area contributed by atoms with Gasteiger partial charge in [0.1, 0.15) is 6.61 Å². The van der Waals surface area contributed by atoms with E-state index < -0.39 is 6.61 Å². The van der Waals surface area contributed by atoms with Crippen LogP contribution in [0.3, 0.4) is 0 Å². The topological polar surface area (TPSA) is 37.3 Å². The van der Waals surface area contributed by atoms with Crippen LogP contribution in [0.15, 0.2) is 53.0 Å². The second-order valence-electron chi connectivity index (χ2n) is 3.67. The molecule has 0 saturated heterocycles. The number of Topliss-reactive ketones (excluding diaryl/α,β-unsaturated/α-hetero) is 1. The zero-order chi connectivity index (χ0) is 12.3. The average Bonchev–Trinajstić information content (AvgIpc) is 2.39. The average molecular weight is 291 g/mol. The van der Waals surface area contributed by atoms with Crippen molar-refractivity contribution in [1.82, 2.24) is 0 Å². The number of hydrogen-bond donors (Lipinski definition) is 1. The number of ketones is 1. The summed E-state index contributed by atoms with van der Waals surface area (Å²) in [7, 11) is 0. The van der Waals surface area contributed by atoms with Gasteiger partial charge in [-0.25, -0.2) is 0 Å². The monoisotopic (exact) mass is 290 g/mol. The minimum atomic E-state index is -0.447. The lowest BCUT2D eigenvalue weighted by Gasteiger charge is -2.03. The number of benzene rings is 2. The van der Waals surface area contributed by atoms with E-state index in [0.717, 1.165) is 15.6 Å². The van der Waals surface area contributed by atoms with Crippen molar-refractivity contribution in [3.8, 4) is 11.1 Å². The predicted molar refractivity (Wildman–Crippen MR) is 71.0 cm³/mol. The summed E-state index contributed by atoms with van der Waals surface area (Å²) in [5.74, 6) is -0.257. The molecule has 0 saturated carbocycles. The van der Waals surface area contributed by atoms with Crippen LogP contribution in [0.4, 0.5) is 0 Å². The summed E-state index contributed by atoms with van der Waals surface area (Å²) in [6, 6.07) is 15.2. The Morgan fingerprint density at radius 2 is 1.41 bits per heavy atom. The first-order valence-corrected chi connectivity index (χ1v) is 6.00. The molecule has 0 spiro atoms. The number of halogens is 1. The summed E-state index contributed by atoms with van der Waals surface area (Å²) in [4.78, 5) is 11.2. The van der Waals surface area contributed by atoms with Crippen LogP contribution in [0.1, 0.15) is 10.4 Å². The van der Waals surface area contributed by atoms with Crippen LogP contribution in [0.5, 0.6) is 0 Å². The fourth-order valence-corrected chi connectivity index (χ4v) is 1.85. The lowest BCUT2D eigenvalue weighted by atomic mass is 10.0. The van der Waals surface area contributed by atoms with Crippen molar-refractivity contribution >= 4 is 21.7 Å². The quantitative estimate of drug-likeness (QED) is 0.881. The van der Waals surface area contributed by atoms with Crippen molar-refractivity contribution in [3.05, 3.63) is 58.6 Å². The molecule has 0 amide bonds. The number of aliphatic hydroxyl groups excluding tert-OH is 1. The van der Waals surface area contributed by atoms with Crippen molar-refractivity contribution in [2.24, 2.45) is 0 Å². The molecule has 0 radical (unpaired) electrons. The van der Waals surface area contributed by atoms with Gasteiger partial charge in [-0.15, -0.1) is 0 Å². The van der Waals surface area contributed by atoms with Crippen LogP contribution in [0.25, 0.3) is 11.1 Å². The van der Waals surface area contributed by atoms with E-state index in [1.54, 1.807) is 12.1 Å². The second-order valence-corrected chi connectivity index (χ2v) is 4.58. The van der Waals surface area contributed by atoms with Crippen LogP contribution in [-0.4, -0.2) is 17.5 Å². The molecule has 0 fully saturated rings. The Labute approximate surface area is 108 Å². The Morgan fingerprint density at radius 1 is 0.941 bits per heavy atom. The molecule has 2 aromatic rings. The maximum atomic E-state index is 11.2. The molecule has 0 aliphatic rings. The molecule has 0 heterocycles. The van der Waals surface area contributed by atoms with Gasteiger partial charge in [0, 0.05) is 10.0 Å². The zero-order valence-electron chi connectivity index (χ0n) is 9.06. The van der Waals surface area contributed by atoms with Crippen LogP contribution < -0.4 is 0 Å². The van der Waals surface area contributed by atoms with E-state index in [1.807, 2.05) is 36.4 Å². The Hall–Kier alpha value is -1.45. The molecule has 0 aliphatic heterocycles. The highest BCUT2D eigenvalue weighted by Gasteiger charge is 2.04. The molecule has 0 bridgehead atoms. The molecule has 0 unspecified atom stereocenters. The first kappa shape index (κ1) is 12.0. The molecule has 0 atom stereocenters. The third kappa shape index (κ3) is 2.81. The summed E-state index contributed by atoms with van der Waals surface area (Å²) in [5, 5.41) is 8.75. The lowest BCUT2D eigenvalue weighted by molar-refractivity contribution is 0.0904. The van der Waals surface area contributed by atoms with Crippen molar-refractivity contribution in [2.45, 2.75) is 0 Å². The molecule has 17 heavy (non-hydrogen) atoms. The van der Waals surface area contributed by atoms with Gasteiger partial charge in [-0.1, -0.05) is 52.3 Å². The minimum absolute atomic E-state index is 0.257. The molecule has 0 aromatic heterocycles. The molecule has 2 aromatic carbocycles. The van der Waals surface area contributed by atoms with Crippen LogP contribution in [-0.2, 0) is 0 Å². The van der Waals surface area contributed by atoms with E-state index in [4.69, 9.17) is 5.11 Å². The Morgan fingerprint density at radius 3 is 1.88 bits per heavy atom. The van der Waals surface area contributed by atoms with Gasteiger partial charge < -0.3 is 5.11 Å². The fourth-order valence-electron chi connectivity index (χ4n) is 1.58. The van der Waals surface area contributed by atoms with Gasteiger partial charge in [0.15, 0.2) is 5.78 Å². The standard InChI is InChI=1S/C14H11BrO2/c15-13-7-5-11(6-8-13)10-1-3-12(4-2-10)14(17)9-16/h1-8,16H,9H2. The van der Waals surface area contributed by atoms with E-state index in [9.17, 15) is 4.79 Å². The normalized spacial score (nSPS) is 10.2. The number of hydrogen-bond acceptors (Lipinski definition) is 2. The van der Waals surface area contributed by atoms with Gasteiger partial charge in [0.05, 0.1) is 0 Å². The highest BCUT2D eigenvalue weighted by molar-refractivity contribution is 9.10. The maximum absolute atomic E-state index is 11.2. The molecular weight excluding hydrogens is 280 g/mol. The Balaban J connectivity index is 2.29. The van der Waals surface area contributed by atoms with Crippen LogP contribution >= 0.6 is 15.9 Å². The first-order chi connectivity index (χ1) is 8.20. The van der Waals surface area contributed by atoms with Crippen LogP contribution in [0, 0.1) is 0 Å². The summed E-state index contributed by atoms with van der Waals surface area (Å²) < 4.78 is 1.04. The van der Waals surface area contributed by atoms with Gasteiger partial charge in [0.2, 0.25) is 0 Å². The van der Waals surface area contributed by atoms with Gasteiger partial charge in [-0.2, -0.15) is 0 Å². The SMILES string of the molecule is O=C(CO)c1ccc(-c2ccc(Br)cc2)cc1. The molecule has 1 N–H and O–H groups in total. The Bertz CT molecular complexity index is 515. The number of rotatable bonds is 3. The van der Waals surface area contributed by atoms with Crippen molar-refractivity contribution < 1.29 is 9.90 Å². The van der Waals surface area contributed by atoms with Gasteiger partial charge >= 0.3 is 0 Å². The molecule has 2 rings (SSSR count). The molecule has 0 aliphatic carbocycles. The summed E-state index contributed by atoms with van der Waals surface area (Å²) in [6.07, 6.45) is 0. The van der Waals surface area contributed by atoms with Crippen molar-refractivity contribution in [1.29, 1.82) is 0 Å². The van der Waals surface area contributed by atoms with E-state index in [2.05, 4.69) is 15.9 Å². The van der Waals surface area contributed by atoms with Crippen LogP contribution in [0.2, 0.25) is 0 Å². The molecular formula is C14H11BrO2. The first-order valence-electron chi connectivity index (χ1n) is 5.21. The van der Waals surface area contributed by atoms with Gasteiger partial charge in [-0.05, 0) is 23.3 Å². The largest absolute Gasteiger partial charge is 0.388 e. The van der Waals surface area contributed by atoms with Crippen molar-refractivity contribution in [2.75, 3.05) is 6.61 Å². The smallest absolute Gasteiger partial charge is 0.188 e. The summed E-state index contributed by atoms with van der Waals surface area (Å²) in [5.41, 5.74) is 2.68. The van der Waals surface area contributed by atoms with Crippen molar-refractivity contribution in [3.63, 3.8) is 0 Å². The molecule has 3 heteroatoms. The van der Waals surface area contributed by atoms with Gasteiger partial charge in [-0.3, -0.25) is 4.79 Å². The number of aliphatic hydroxyl groups is 1. The van der Waals surface area contributed by atoms with Gasteiger partial charge in [0.25, 0.3) is 0 Å². The maximum Gasteiger partial charge on any atom is 0.188 e. The predicted octanol–water partition coefficient (Wildman–Crippen LogP) is 3.29. The third-order valence-electron chi connectivity index (χ3n) is 2.53. The highest BCUT2D eigenvalue weighted by Crippen LogP contribution is 2.22. The lowest BCUT2D eigenvalue weighted by Crippen LogP contribution is -2.03. The zero-order valence-corrected chi connectivity index (χ0v) is 10.6. The summed E-state index contributed by atoms with van der Waals surface area (Å²) in [6.45, 7) is -0.447. The minimum Gasteiger partial charge on any atom is -0.388 e. The number of carbonyl (C=O) groups is 1. The van der Waals surface area contributed by atoms with E-state index in [-0.39, 0.29) is 5.78 Å². The third-order valence-corrected chi connectivity index (χ3v) is 3.06. The number of carbonyl (C=O) groups excluding carboxylic acids is 1. The second kappa shape index (κ2) is 5.25. The summed E-state index contributed by atoms with van der Waals surface area (Å²) >= 11 is 3.39. The highest BCUT2D eigenvalue weighted by atomic mass is 79.9. The molecule has 86 valence electrons. The molecule has 2 nitrogen and oxygen atoms in total.